The van der Waals surface area contributed by atoms with Crippen molar-refractivity contribution in [3.8, 4) is 5.75 Å². The summed E-state index contributed by atoms with van der Waals surface area (Å²) in [6.07, 6.45) is 1.04. The molecule has 1 rings (SSSR count). The van der Waals surface area contributed by atoms with Gasteiger partial charge in [-0.1, -0.05) is 19.1 Å². The Morgan fingerprint density at radius 3 is 2.37 bits per heavy atom. The van der Waals surface area contributed by atoms with E-state index in [9.17, 15) is 4.79 Å². The molecule has 0 bridgehead atoms. The summed E-state index contributed by atoms with van der Waals surface area (Å²) in [7, 11) is 1.95. The first-order chi connectivity index (χ1) is 9.06. The molecule has 0 aliphatic rings. The van der Waals surface area contributed by atoms with Gasteiger partial charge in [-0.3, -0.25) is 4.79 Å². The minimum atomic E-state index is -0.0965. The van der Waals surface area contributed by atoms with Gasteiger partial charge in [0.1, 0.15) is 5.75 Å². The predicted octanol–water partition coefficient (Wildman–Crippen LogP) is 2.26. The van der Waals surface area contributed by atoms with Crippen molar-refractivity contribution in [3.63, 3.8) is 0 Å². The van der Waals surface area contributed by atoms with E-state index in [1.807, 2.05) is 45.2 Å². The maximum Gasteiger partial charge on any atom is 0.258 e. The number of rotatable bonds is 7. The molecule has 0 radical (unpaired) electrons. The van der Waals surface area contributed by atoms with Gasteiger partial charge in [0.2, 0.25) is 0 Å². The quantitative estimate of drug-likeness (QED) is 0.794. The van der Waals surface area contributed by atoms with Crippen LogP contribution in [0.25, 0.3) is 0 Å². The lowest BCUT2D eigenvalue weighted by Crippen LogP contribution is -2.34. The summed E-state index contributed by atoms with van der Waals surface area (Å²) in [6.45, 7) is 6.05. The van der Waals surface area contributed by atoms with E-state index in [2.05, 4.69) is 17.6 Å². The molecule has 1 unspecified atom stereocenters. The Labute approximate surface area is 115 Å². The van der Waals surface area contributed by atoms with Gasteiger partial charge in [-0.2, -0.15) is 0 Å². The highest BCUT2D eigenvalue weighted by molar-refractivity contribution is 5.77. The zero-order valence-electron chi connectivity index (χ0n) is 12.2. The molecule has 1 atom stereocenters. The summed E-state index contributed by atoms with van der Waals surface area (Å²) in [5.74, 6) is 0.620. The summed E-state index contributed by atoms with van der Waals surface area (Å²) in [4.78, 5) is 11.4. The first kappa shape index (κ1) is 15.5. The topological polar surface area (TPSA) is 50.4 Å². The van der Waals surface area contributed by atoms with Gasteiger partial charge in [0.05, 0.1) is 0 Å². The van der Waals surface area contributed by atoms with Crippen LogP contribution in [0.3, 0.4) is 0 Å². The van der Waals surface area contributed by atoms with E-state index >= 15 is 0 Å². The van der Waals surface area contributed by atoms with E-state index in [1.165, 1.54) is 5.56 Å². The van der Waals surface area contributed by atoms with Crippen LogP contribution in [0.2, 0.25) is 0 Å². The van der Waals surface area contributed by atoms with Gasteiger partial charge in [-0.25, -0.2) is 0 Å². The largest absolute Gasteiger partial charge is 0.484 e. The molecule has 0 saturated carbocycles. The van der Waals surface area contributed by atoms with Crippen molar-refractivity contribution in [2.45, 2.75) is 39.3 Å². The summed E-state index contributed by atoms with van der Waals surface area (Å²) in [5.41, 5.74) is 1.23. The molecular weight excluding hydrogens is 240 g/mol. The van der Waals surface area contributed by atoms with Crippen LogP contribution >= 0.6 is 0 Å². The van der Waals surface area contributed by atoms with Gasteiger partial charge in [0, 0.05) is 12.1 Å². The lowest BCUT2D eigenvalue weighted by Gasteiger charge is -2.15. The number of hydrogen-bond acceptors (Lipinski definition) is 3. The molecule has 0 aromatic heterocycles. The molecule has 4 nitrogen and oxygen atoms in total. The standard InChI is InChI=1S/C15H24N2O2/c1-5-14(16-4)12-6-8-13(9-7-12)19-10-15(18)17-11(2)3/h6-9,11,14,16H,5,10H2,1-4H3,(H,17,18). The third-order valence-corrected chi connectivity index (χ3v) is 2.86. The molecular formula is C15H24N2O2. The maximum atomic E-state index is 11.4. The number of nitrogens with one attached hydrogen (secondary N) is 2. The fourth-order valence-electron chi connectivity index (χ4n) is 1.92. The van der Waals surface area contributed by atoms with Gasteiger partial charge in [0.25, 0.3) is 5.91 Å². The predicted molar refractivity (Wildman–Crippen MR) is 77.3 cm³/mol. The third kappa shape index (κ3) is 5.30. The van der Waals surface area contributed by atoms with E-state index < -0.39 is 0 Å². The molecule has 1 amide bonds. The van der Waals surface area contributed by atoms with E-state index in [0.717, 1.165) is 6.42 Å². The zero-order chi connectivity index (χ0) is 14.3. The monoisotopic (exact) mass is 264 g/mol. The zero-order valence-corrected chi connectivity index (χ0v) is 12.2. The van der Waals surface area contributed by atoms with Crippen molar-refractivity contribution in [2.75, 3.05) is 13.7 Å². The number of carbonyl (C=O) groups is 1. The molecule has 19 heavy (non-hydrogen) atoms. The van der Waals surface area contributed by atoms with Crippen LogP contribution in [0, 0.1) is 0 Å². The fraction of sp³-hybridized carbons (Fsp3) is 0.533. The maximum absolute atomic E-state index is 11.4. The van der Waals surface area contributed by atoms with Crippen molar-refractivity contribution in [2.24, 2.45) is 0 Å². The average molecular weight is 264 g/mol. The first-order valence-electron chi connectivity index (χ1n) is 6.76. The van der Waals surface area contributed by atoms with Crippen molar-refractivity contribution in [3.05, 3.63) is 29.8 Å². The molecule has 2 N–H and O–H groups in total. The van der Waals surface area contributed by atoms with E-state index in [1.54, 1.807) is 0 Å². The van der Waals surface area contributed by atoms with Crippen LogP contribution in [-0.2, 0) is 4.79 Å². The van der Waals surface area contributed by atoms with Crippen LogP contribution in [0.1, 0.15) is 38.8 Å². The highest BCUT2D eigenvalue weighted by Crippen LogP contribution is 2.19. The number of amides is 1. The van der Waals surface area contributed by atoms with Crippen LogP contribution in [-0.4, -0.2) is 25.6 Å². The molecule has 0 saturated heterocycles. The second-order valence-corrected chi connectivity index (χ2v) is 4.83. The normalized spacial score (nSPS) is 12.3. The van der Waals surface area contributed by atoms with Gasteiger partial charge in [-0.05, 0) is 45.0 Å². The average Bonchev–Trinajstić information content (AvgIpc) is 2.38. The van der Waals surface area contributed by atoms with Crippen molar-refractivity contribution >= 4 is 5.91 Å². The van der Waals surface area contributed by atoms with Crippen molar-refractivity contribution < 1.29 is 9.53 Å². The lowest BCUT2D eigenvalue weighted by molar-refractivity contribution is -0.123. The smallest absolute Gasteiger partial charge is 0.258 e. The van der Waals surface area contributed by atoms with E-state index in [4.69, 9.17) is 4.74 Å². The van der Waals surface area contributed by atoms with Crippen molar-refractivity contribution in [1.29, 1.82) is 0 Å². The summed E-state index contributed by atoms with van der Waals surface area (Å²) < 4.78 is 5.44. The van der Waals surface area contributed by atoms with E-state index in [0.29, 0.717) is 11.8 Å². The van der Waals surface area contributed by atoms with Gasteiger partial charge < -0.3 is 15.4 Å². The highest BCUT2D eigenvalue weighted by Gasteiger charge is 2.07. The van der Waals surface area contributed by atoms with Crippen LogP contribution in [0.4, 0.5) is 0 Å². The fourth-order valence-corrected chi connectivity index (χ4v) is 1.92. The van der Waals surface area contributed by atoms with Gasteiger partial charge >= 0.3 is 0 Å². The van der Waals surface area contributed by atoms with Crippen LogP contribution < -0.4 is 15.4 Å². The Morgan fingerprint density at radius 2 is 1.89 bits per heavy atom. The Morgan fingerprint density at radius 1 is 1.26 bits per heavy atom. The molecule has 0 aliphatic carbocycles. The molecule has 0 aliphatic heterocycles. The molecule has 0 spiro atoms. The number of ether oxygens (including phenoxy) is 1. The van der Waals surface area contributed by atoms with Crippen molar-refractivity contribution in [1.82, 2.24) is 10.6 Å². The minimum Gasteiger partial charge on any atom is -0.484 e. The Balaban J connectivity index is 2.50. The Hall–Kier alpha value is -1.55. The highest BCUT2D eigenvalue weighted by atomic mass is 16.5. The molecule has 106 valence electrons. The molecule has 0 heterocycles. The summed E-state index contributed by atoms with van der Waals surface area (Å²) in [5, 5.41) is 6.04. The number of benzene rings is 1. The number of carbonyl (C=O) groups excluding carboxylic acids is 1. The van der Waals surface area contributed by atoms with Crippen LogP contribution in [0.15, 0.2) is 24.3 Å². The number of hydrogen-bond donors (Lipinski definition) is 2. The Bertz CT molecular complexity index is 384. The first-order valence-corrected chi connectivity index (χ1v) is 6.76. The summed E-state index contributed by atoms with van der Waals surface area (Å²) in [6, 6.07) is 8.36. The lowest BCUT2D eigenvalue weighted by atomic mass is 10.1. The van der Waals surface area contributed by atoms with E-state index in [-0.39, 0.29) is 18.6 Å². The molecule has 4 heteroatoms. The SMILES string of the molecule is CCC(NC)c1ccc(OCC(=O)NC(C)C)cc1. The van der Waals surface area contributed by atoms with Gasteiger partial charge in [0.15, 0.2) is 6.61 Å². The van der Waals surface area contributed by atoms with Gasteiger partial charge in [-0.15, -0.1) is 0 Å². The summed E-state index contributed by atoms with van der Waals surface area (Å²) >= 11 is 0. The molecule has 1 aromatic rings. The molecule has 0 fully saturated rings. The Kier molecular flexibility index (Phi) is 6.36. The van der Waals surface area contributed by atoms with Crippen LogP contribution in [0.5, 0.6) is 5.75 Å². The third-order valence-electron chi connectivity index (χ3n) is 2.86. The second-order valence-electron chi connectivity index (χ2n) is 4.83. The second kappa shape index (κ2) is 7.79. The molecule has 1 aromatic carbocycles. The minimum absolute atomic E-state index is 0.0563.